The molecule has 0 aromatic heterocycles. The number of aryl methyl sites for hydroxylation is 2. The van der Waals surface area contributed by atoms with Crippen LogP contribution in [0, 0.1) is 0 Å². The SMILES string of the molecule is c1ccc(CCc2ccc3cccc-3cc2)cc1. The number of rotatable bonds is 3. The van der Waals surface area contributed by atoms with Gasteiger partial charge in [-0.25, -0.2) is 0 Å². The molecule has 0 unspecified atom stereocenters. The third-order valence-corrected chi connectivity index (χ3v) is 3.38. The van der Waals surface area contributed by atoms with Crippen LogP contribution in [0.2, 0.25) is 0 Å². The second-order valence-electron chi connectivity index (χ2n) is 4.66. The number of benzene rings is 1. The lowest BCUT2D eigenvalue weighted by Gasteiger charge is -1.99. The number of fused-ring (bicyclic) bond motifs is 1. The Kier molecular flexibility index (Phi) is 3.10. The molecule has 2 aliphatic rings. The lowest BCUT2D eigenvalue weighted by Crippen LogP contribution is -1.89. The standard InChI is InChI=1S/C18H16/c1-2-5-15(6-3-1)9-10-16-11-13-17-7-4-8-18(17)14-12-16/h1-8,11-14H,9-10H2. The van der Waals surface area contributed by atoms with Crippen molar-refractivity contribution in [2.75, 3.05) is 0 Å². The van der Waals surface area contributed by atoms with Crippen molar-refractivity contribution in [1.29, 1.82) is 0 Å². The summed E-state index contributed by atoms with van der Waals surface area (Å²) in [5.74, 6) is 0. The van der Waals surface area contributed by atoms with Crippen molar-refractivity contribution in [3.05, 3.63) is 83.9 Å². The Bertz CT molecular complexity index is 565. The first kappa shape index (κ1) is 11.0. The van der Waals surface area contributed by atoms with Crippen LogP contribution in [0.15, 0.2) is 72.8 Å². The van der Waals surface area contributed by atoms with Crippen molar-refractivity contribution in [2.24, 2.45) is 0 Å². The van der Waals surface area contributed by atoms with E-state index in [1.165, 1.54) is 22.3 Å². The van der Waals surface area contributed by atoms with Gasteiger partial charge in [-0.2, -0.15) is 0 Å². The summed E-state index contributed by atoms with van der Waals surface area (Å²) >= 11 is 0. The van der Waals surface area contributed by atoms with Gasteiger partial charge >= 0.3 is 0 Å². The summed E-state index contributed by atoms with van der Waals surface area (Å²) in [5.41, 5.74) is 5.44. The normalized spacial score (nSPS) is 10.7. The monoisotopic (exact) mass is 232 g/mol. The van der Waals surface area contributed by atoms with Crippen molar-refractivity contribution in [1.82, 2.24) is 0 Å². The van der Waals surface area contributed by atoms with Crippen LogP contribution >= 0.6 is 0 Å². The second kappa shape index (κ2) is 5.05. The minimum atomic E-state index is 1.10. The lowest BCUT2D eigenvalue weighted by molar-refractivity contribution is 0.962. The Labute approximate surface area is 108 Å². The second-order valence-corrected chi connectivity index (χ2v) is 4.66. The molecular weight excluding hydrogens is 216 g/mol. The molecule has 0 atom stereocenters. The van der Waals surface area contributed by atoms with Crippen LogP contribution < -0.4 is 0 Å². The van der Waals surface area contributed by atoms with Crippen LogP contribution in [0.25, 0.3) is 11.1 Å². The van der Waals surface area contributed by atoms with Crippen LogP contribution in [0.4, 0.5) is 0 Å². The van der Waals surface area contributed by atoms with E-state index in [1.54, 1.807) is 0 Å². The van der Waals surface area contributed by atoms with Crippen LogP contribution in [-0.4, -0.2) is 0 Å². The van der Waals surface area contributed by atoms with Gasteiger partial charge in [-0.05, 0) is 35.1 Å². The fraction of sp³-hybridized carbons (Fsp3) is 0.111. The van der Waals surface area contributed by atoms with E-state index in [1.807, 2.05) is 0 Å². The van der Waals surface area contributed by atoms with Gasteiger partial charge in [-0.3, -0.25) is 0 Å². The van der Waals surface area contributed by atoms with E-state index >= 15 is 0 Å². The predicted molar refractivity (Wildman–Crippen MR) is 76.9 cm³/mol. The van der Waals surface area contributed by atoms with E-state index in [2.05, 4.69) is 72.8 Å². The molecule has 0 saturated carbocycles. The van der Waals surface area contributed by atoms with E-state index in [-0.39, 0.29) is 0 Å². The van der Waals surface area contributed by atoms with Crippen LogP contribution in [0.1, 0.15) is 11.1 Å². The Morgan fingerprint density at radius 1 is 0.444 bits per heavy atom. The van der Waals surface area contributed by atoms with Crippen molar-refractivity contribution in [3.8, 4) is 11.1 Å². The van der Waals surface area contributed by atoms with Gasteiger partial charge in [0.1, 0.15) is 0 Å². The zero-order chi connectivity index (χ0) is 12.2. The number of hydrogen-bond acceptors (Lipinski definition) is 0. The van der Waals surface area contributed by atoms with Gasteiger partial charge in [0.15, 0.2) is 0 Å². The number of hydrogen-bond donors (Lipinski definition) is 0. The zero-order valence-corrected chi connectivity index (χ0v) is 10.3. The fourth-order valence-corrected chi connectivity index (χ4v) is 2.30. The summed E-state index contributed by atoms with van der Waals surface area (Å²) in [6.45, 7) is 0. The quantitative estimate of drug-likeness (QED) is 0.620. The predicted octanol–water partition coefficient (Wildman–Crippen LogP) is 4.58. The molecule has 1 aromatic rings. The molecule has 0 aliphatic heterocycles. The first-order valence-electron chi connectivity index (χ1n) is 6.43. The van der Waals surface area contributed by atoms with Gasteiger partial charge in [0, 0.05) is 0 Å². The molecule has 0 bridgehead atoms. The van der Waals surface area contributed by atoms with Crippen LogP contribution in [-0.2, 0) is 12.8 Å². The first-order chi connectivity index (χ1) is 8.92. The average Bonchev–Trinajstić information content (AvgIpc) is 2.78. The summed E-state index contributed by atoms with van der Waals surface area (Å²) < 4.78 is 0. The Hall–Kier alpha value is -2.08. The molecule has 0 radical (unpaired) electrons. The highest BCUT2D eigenvalue weighted by Crippen LogP contribution is 2.22. The smallest absolute Gasteiger partial charge is 0.0184 e. The summed E-state index contributed by atoms with van der Waals surface area (Å²) in [5, 5.41) is 0. The molecule has 0 amide bonds. The maximum atomic E-state index is 2.24. The average molecular weight is 232 g/mol. The maximum Gasteiger partial charge on any atom is -0.0184 e. The van der Waals surface area contributed by atoms with Crippen molar-refractivity contribution in [3.63, 3.8) is 0 Å². The summed E-state index contributed by atoms with van der Waals surface area (Å²) in [7, 11) is 0. The highest BCUT2D eigenvalue weighted by Gasteiger charge is 1.99. The summed E-state index contributed by atoms with van der Waals surface area (Å²) in [6.07, 6.45) is 2.20. The molecule has 0 spiro atoms. The fourth-order valence-electron chi connectivity index (χ4n) is 2.30. The van der Waals surface area contributed by atoms with E-state index in [9.17, 15) is 0 Å². The van der Waals surface area contributed by atoms with Gasteiger partial charge in [0.05, 0.1) is 0 Å². The van der Waals surface area contributed by atoms with Gasteiger partial charge in [-0.15, -0.1) is 0 Å². The zero-order valence-electron chi connectivity index (χ0n) is 10.3. The molecule has 88 valence electrons. The minimum absolute atomic E-state index is 1.10. The summed E-state index contributed by atoms with van der Waals surface area (Å²) in [4.78, 5) is 0. The molecule has 0 heterocycles. The molecule has 3 rings (SSSR count). The topological polar surface area (TPSA) is 0 Å². The van der Waals surface area contributed by atoms with Crippen molar-refractivity contribution < 1.29 is 0 Å². The van der Waals surface area contributed by atoms with E-state index in [4.69, 9.17) is 0 Å². The Balaban J connectivity index is 1.77. The Morgan fingerprint density at radius 3 is 1.61 bits per heavy atom. The molecule has 1 aromatic carbocycles. The van der Waals surface area contributed by atoms with Crippen molar-refractivity contribution in [2.45, 2.75) is 12.8 Å². The molecule has 18 heavy (non-hydrogen) atoms. The van der Waals surface area contributed by atoms with E-state index < -0.39 is 0 Å². The van der Waals surface area contributed by atoms with Gasteiger partial charge < -0.3 is 0 Å². The van der Waals surface area contributed by atoms with Crippen LogP contribution in [0.3, 0.4) is 0 Å². The highest BCUT2D eigenvalue weighted by molar-refractivity contribution is 5.65. The molecule has 0 heteroatoms. The van der Waals surface area contributed by atoms with Crippen molar-refractivity contribution >= 4 is 0 Å². The molecule has 0 N–H and O–H groups in total. The maximum absolute atomic E-state index is 2.24. The third-order valence-electron chi connectivity index (χ3n) is 3.38. The third kappa shape index (κ3) is 2.43. The Morgan fingerprint density at radius 2 is 1.00 bits per heavy atom. The first-order valence-corrected chi connectivity index (χ1v) is 6.43. The highest BCUT2D eigenvalue weighted by atomic mass is 14.0. The largest absolute Gasteiger partial charge is 0.0622 e. The molecule has 0 nitrogen and oxygen atoms in total. The molecule has 0 saturated heterocycles. The van der Waals surface area contributed by atoms with Gasteiger partial charge in [-0.1, -0.05) is 72.8 Å². The lowest BCUT2D eigenvalue weighted by atomic mass is 10.1. The molecule has 2 aliphatic carbocycles. The van der Waals surface area contributed by atoms with E-state index in [0.29, 0.717) is 0 Å². The minimum Gasteiger partial charge on any atom is -0.0622 e. The molecular formula is C18H16. The molecule has 0 fully saturated rings. The van der Waals surface area contributed by atoms with Gasteiger partial charge in [0.25, 0.3) is 0 Å². The summed E-state index contributed by atoms with van der Waals surface area (Å²) in [6, 6.07) is 26.0. The van der Waals surface area contributed by atoms with E-state index in [0.717, 1.165) is 12.8 Å². The van der Waals surface area contributed by atoms with Gasteiger partial charge in [0.2, 0.25) is 0 Å². The van der Waals surface area contributed by atoms with Crippen LogP contribution in [0.5, 0.6) is 0 Å².